The molecule has 0 radical (unpaired) electrons. The molecule has 0 fully saturated rings. The summed E-state index contributed by atoms with van der Waals surface area (Å²) < 4.78 is 0. The lowest BCUT2D eigenvalue weighted by molar-refractivity contribution is -0.119. The normalized spacial score (nSPS) is 19.3. The maximum atomic E-state index is 13.4. The van der Waals surface area contributed by atoms with Gasteiger partial charge in [0.1, 0.15) is 0 Å². The minimum Gasteiger partial charge on any atom is -0.291 e. The molecule has 128 valence electrons. The summed E-state index contributed by atoms with van der Waals surface area (Å²) in [6.07, 6.45) is 0.144. The molecule has 0 spiro atoms. The smallest absolute Gasteiger partial charge is 0.261 e. The molecule has 1 aliphatic heterocycles. The molecule has 0 saturated heterocycles. The van der Waals surface area contributed by atoms with Crippen LogP contribution < -0.4 is 4.90 Å². The second kappa shape index (κ2) is 6.43. The Morgan fingerprint density at radius 2 is 1.35 bits per heavy atom. The Labute approximate surface area is 156 Å². The third-order valence-electron chi connectivity index (χ3n) is 4.60. The van der Waals surface area contributed by atoms with Crippen molar-refractivity contribution in [3.05, 3.63) is 96.1 Å². The summed E-state index contributed by atoms with van der Waals surface area (Å²) in [6, 6.07) is 25.7. The van der Waals surface area contributed by atoms with Crippen LogP contribution in [-0.4, -0.2) is 16.6 Å². The summed E-state index contributed by atoms with van der Waals surface area (Å²) in [7, 11) is 0. The van der Waals surface area contributed by atoms with Crippen LogP contribution in [0.2, 0.25) is 0 Å². The molecule has 3 aromatic rings. The van der Waals surface area contributed by atoms with Crippen molar-refractivity contribution in [2.24, 2.45) is 0 Å². The highest BCUT2D eigenvalue weighted by atomic mass is 35.5. The van der Waals surface area contributed by atoms with Crippen LogP contribution in [-0.2, 0) is 11.2 Å². The molecule has 4 heteroatoms. The monoisotopic (exact) mass is 361 g/mol. The number of rotatable bonds is 3. The van der Waals surface area contributed by atoms with E-state index >= 15 is 0 Å². The predicted molar refractivity (Wildman–Crippen MR) is 103 cm³/mol. The molecule has 3 nitrogen and oxygen atoms in total. The van der Waals surface area contributed by atoms with E-state index in [0.717, 1.165) is 5.56 Å². The minimum atomic E-state index is -1.66. The molecule has 4 rings (SSSR count). The van der Waals surface area contributed by atoms with Crippen molar-refractivity contribution in [2.75, 3.05) is 4.90 Å². The number of anilines is 2. The highest BCUT2D eigenvalue weighted by Gasteiger charge is 2.52. The molecular weight excluding hydrogens is 346 g/mol. The molecule has 1 amide bonds. The number of carbonyl (C=O) groups excluding carboxylic acids is 2. The number of benzene rings is 3. The minimum absolute atomic E-state index is 0.144. The van der Waals surface area contributed by atoms with Gasteiger partial charge in [-0.3, -0.25) is 14.5 Å². The summed E-state index contributed by atoms with van der Waals surface area (Å²) in [5.74, 6) is -0.770. The fraction of sp³-hybridized carbons (Fsp3) is 0.0909. The van der Waals surface area contributed by atoms with E-state index in [1.165, 1.54) is 0 Å². The van der Waals surface area contributed by atoms with Gasteiger partial charge < -0.3 is 0 Å². The van der Waals surface area contributed by atoms with Gasteiger partial charge >= 0.3 is 0 Å². The Morgan fingerprint density at radius 1 is 0.769 bits per heavy atom. The van der Waals surface area contributed by atoms with Crippen molar-refractivity contribution in [2.45, 2.75) is 11.3 Å². The van der Waals surface area contributed by atoms with Crippen LogP contribution >= 0.6 is 11.6 Å². The van der Waals surface area contributed by atoms with Gasteiger partial charge in [-0.15, -0.1) is 0 Å². The van der Waals surface area contributed by atoms with Gasteiger partial charge in [0.05, 0.1) is 5.69 Å². The van der Waals surface area contributed by atoms with Gasteiger partial charge in [-0.25, -0.2) is 0 Å². The van der Waals surface area contributed by atoms with E-state index in [1.807, 2.05) is 66.7 Å². The first kappa shape index (κ1) is 16.6. The zero-order valence-electron chi connectivity index (χ0n) is 13.9. The van der Waals surface area contributed by atoms with Crippen molar-refractivity contribution >= 4 is 34.7 Å². The molecule has 26 heavy (non-hydrogen) atoms. The van der Waals surface area contributed by atoms with E-state index in [1.54, 1.807) is 23.1 Å². The van der Waals surface area contributed by atoms with Gasteiger partial charge in [0.15, 0.2) is 10.7 Å². The molecule has 1 aliphatic rings. The summed E-state index contributed by atoms with van der Waals surface area (Å²) in [5.41, 5.74) is 2.56. The number of hydrogen-bond acceptors (Lipinski definition) is 2. The molecule has 3 aromatic carbocycles. The topological polar surface area (TPSA) is 37.4 Å². The fourth-order valence-electron chi connectivity index (χ4n) is 3.32. The number of ketones is 1. The summed E-state index contributed by atoms with van der Waals surface area (Å²) >= 11 is 6.74. The van der Waals surface area contributed by atoms with E-state index in [2.05, 4.69) is 0 Å². The number of Topliss-reactive ketones (excluding diaryl/α,β-unsaturated/α-hetero) is 1. The van der Waals surface area contributed by atoms with Gasteiger partial charge in [-0.2, -0.15) is 0 Å². The number of alkyl halides is 1. The molecule has 1 atom stereocenters. The predicted octanol–water partition coefficient (Wildman–Crippen LogP) is 4.77. The van der Waals surface area contributed by atoms with E-state index in [4.69, 9.17) is 11.6 Å². The van der Waals surface area contributed by atoms with E-state index in [-0.39, 0.29) is 12.2 Å². The van der Waals surface area contributed by atoms with E-state index < -0.39 is 10.8 Å². The van der Waals surface area contributed by atoms with Crippen LogP contribution in [0.3, 0.4) is 0 Å². The number of hydrogen-bond donors (Lipinski definition) is 0. The number of para-hydroxylation sites is 2. The van der Waals surface area contributed by atoms with Crippen LogP contribution in [0.25, 0.3) is 0 Å². The summed E-state index contributed by atoms with van der Waals surface area (Å²) in [4.78, 5) is 26.4. The molecule has 0 unspecified atom stereocenters. The third-order valence-corrected chi connectivity index (χ3v) is 5.06. The first-order valence-electron chi connectivity index (χ1n) is 8.37. The van der Waals surface area contributed by atoms with Crippen molar-refractivity contribution in [1.29, 1.82) is 0 Å². The summed E-state index contributed by atoms with van der Waals surface area (Å²) in [6.45, 7) is 0. The Morgan fingerprint density at radius 3 is 2.04 bits per heavy atom. The Balaban J connectivity index is 1.87. The summed E-state index contributed by atoms with van der Waals surface area (Å²) in [5, 5.41) is 0. The molecule has 0 aromatic heterocycles. The van der Waals surface area contributed by atoms with E-state index in [9.17, 15) is 9.59 Å². The number of fused-ring (bicyclic) bond motifs is 1. The quantitative estimate of drug-likeness (QED) is 0.498. The maximum Gasteiger partial charge on any atom is 0.261 e. The standard InChI is InChI=1S/C22H16ClNO2/c23-22(15-16-9-3-1-4-10-16)20(25)18-13-7-8-14-19(18)24(21(22)26)17-11-5-2-6-12-17/h1-14H,15H2/t22-/m1/s1. The molecule has 0 saturated carbocycles. The van der Waals surface area contributed by atoms with Crippen LogP contribution in [0, 0.1) is 0 Å². The molecule has 0 bridgehead atoms. The lowest BCUT2D eigenvalue weighted by atomic mass is 9.84. The van der Waals surface area contributed by atoms with Crippen molar-refractivity contribution in [3.8, 4) is 0 Å². The first-order chi connectivity index (χ1) is 12.6. The van der Waals surface area contributed by atoms with Gasteiger partial charge in [0, 0.05) is 17.7 Å². The van der Waals surface area contributed by atoms with Gasteiger partial charge in [0.25, 0.3) is 5.91 Å². The molecular formula is C22H16ClNO2. The zero-order valence-corrected chi connectivity index (χ0v) is 14.7. The molecule has 1 heterocycles. The number of amides is 1. The molecule has 0 N–H and O–H groups in total. The van der Waals surface area contributed by atoms with Crippen LogP contribution in [0.15, 0.2) is 84.9 Å². The average molecular weight is 362 g/mol. The maximum absolute atomic E-state index is 13.4. The third kappa shape index (κ3) is 2.61. The van der Waals surface area contributed by atoms with Crippen LogP contribution in [0.4, 0.5) is 11.4 Å². The second-order valence-electron chi connectivity index (χ2n) is 6.29. The van der Waals surface area contributed by atoms with Gasteiger partial charge in [-0.1, -0.05) is 72.3 Å². The Hall–Kier alpha value is -2.91. The average Bonchev–Trinajstić information content (AvgIpc) is 2.68. The number of halogens is 1. The van der Waals surface area contributed by atoms with Crippen molar-refractivity contribution in [3.63, 3.8) is 0 Å². The van der Waals surface area contributed by atoms with Gasteiger partial charge in [0.2, 0.25) is 0 Å². The van der Waals surface area contributed by atoms with Crippen LogP contribution in [0.1, 0.15) is 15.9 Å². The van der Waals surface area contributed by atoms with Crippen molar-refractivity contribution in [1.82, 2.24) is 0 Å². The fourth-order valence-corrected chi connectivity index (χ4v) is 3.66. The lowest BCUT2D eigenvalue weighted by Gasteiger charge is -2.37. The second-order valence-corrected chi connectivity index (χ2v) is 6.93. The number of nitrogens with zero attached hydrogens (tertiary/aromatic N) is 1. The highest BCUT2D eigenvalue weighted by Crippen LogP contribution is 2.42. The largest absolute Gasteiger partial charge is 0.291 e. The Kier molecular flexibility index (Phi) is 4.09. The lowest BCUT2D eigenvalue weighted by Crippen LogP contribution is -2.54. The van der Waals surface area contributed by atoms with E-state index in [0.29, 0.717) is 16.9 Å². The SMILES string of the molecule is O=C1c2ccccc2N(c2ccccc2)C(=O)[C@@]1(Cl)Cc1ccccc1. The Bertz CT molecular complexity index is 972. The van der Waals surface area contributed by atoms with Crippen LogP contribution in [0.5, 0.6) is 0 Å². The highest BCUT2D eigenvalue weighted by molar-refractivity contribution is 6.53. The van der Waals surface area contributed by atoms with Crippen molar-refractivity contribution < 1.29 is 9.59 Å². The molecule has 0 aliphatic carbocycles. The van der Waals surface area contributed by atoms with Gasteiger partial charge in [-0.05, 0) is 29.8 Å². The first-order valence-corrected chi connectivity index (χ1v) is 8.75. The zero-order chi connectivity index (χ0) is 18.1. The number of carbonyl (C=O) groups is 2.